The molecule has 1 aromatic rings. The normalized spacial score (nSPS) is 24.9. The van der Waals surface area contributed by atoms with Gasteiger partial charge < -0.3 is 10.2 Å². The molecular formula is C18H27N3O3S. The molecule has 1 N–H and O–H groups in total. The van der Waals surface area contributed by atoms with E-state index in [9.17, 15) is 13.2 Å². The van der Waals surface area contributed by atoms with E-state index in [0.717, 1.165) is 26.2 Å². The average Bonchev–Trinajstić information content (AvgIpc) is 2.93. The maximum atomic E-state index is 12.4. The van der Waals surface area contributed by atoms with Crippen molar-refractivity contribution in [3.63, 3.8) is 0 Å². The quantitative estimate of drug-likeness (QED) is 0.855. The molecule has 2 fully saturated rings. The number of sulfone groups is 1. The number of carbonyl (C=O) groups excluding carboxylic acids is 1. The predicted octanol–water partition coefficient (Wildman–Crippen LogP) is 0.809. The zero-order chi connectivity index (χ0) is 18.0. The van der Waals surface area contributed by atoms with Crippen molar-refractivity contribution in [3.8, 4) is 0 Å². The van der Waals surface area contributed by atoms with Gasteiger partial charge in [0, 0.05) is 37.9 Å². The van der Waals surface area contributed by atoms with Crippen molar-refractivity contribution in [3.05, 3.63) is 29.8 Å². The molecule has 0 saturated carbocycles. The molecule has 1 aromatic carbocycles. The Morgan fingerprint density at radius 3 is 2.56 bits per heavy atom. The van der Waals surface area contributed by atoms with Crippen LogP contribution in [0.1, 0.15) is 18.9 Å². The Morgan fingerprint density at radius 2 is 1.96 bits per heavy atom. The Balaban J connectivity index is 1.51. The first-order chi connectivity index (χ1) is 11.8. The van der Waals surface area contributed by atoms with Crippen LogP contribution in [0.3, 0.4) is 0 Å². The minimum Gasteiger partial charge on any atom is -0.369 e. The lowest BCUT2D eigenvalue weighted by atomic mass is 10.1. The molecule has 2 saturated heterocycles. The summed E-state index contributed by atoms with van der Waals surface area (Å²) in [6, 6.07) is 8.01. The smallest absolute Gasteiger partial charge is 0.237 e. The molecule has 3 rings (SSSR count). The highest BCUT2D eigenvalue weighted by molar-refractivity contribution is 7.91. The molecule has 0 unspecified atom stereocenters. The van der Waals surface area contributed by atoms with Gasteiger partial charge in [0.2, 0.25) is 5.91 Å². The predicted molar refractivity (Wildman–Crippen MR) is 99.6 cm³/mol. The summed E-state index contributed by atoms with van der Waals surface area (Å²) >= 11 is 0. The van der Waals surface area contributed by atoms with Crippen LogP contribution in [0.2, 0.25) is 0 Å². The van der Waals surface area contributed by atoms with Crippen LogP contribution in [0.15, 0.2) is 24.3 Å². The maximum absolute atomic E-state index is 12.4. The van der Waals surface area contributed by atoms with E-state index in [4.69, 9.17) is 0 Å². The van der Waals surface area contributed by atoms with Gasteiger partial charge in [0.15, 0.2) is 9.84 Å². The van der Waals surface area contributed by atoms with Gasteiger partial charge >= 0.3 is 0 Å². The molecule has 2 aliphatic heterocycles. The largest absolute Gasteiger partial charge is 0.369 e. The van der Waals surface area contributed by atoms with Crippen LogP contribution < -0.4 is 10.2 Å². The summed E-state index contributed by atoms with van der Waals surface area (Å²) in [5.41, 5.74) is 2.48. The minimum absolute atomic E-state index is 0.0638. The first-order valence-electron chi connectivity index (χ1n) is 8.90. The Kier molecular flexibility index (Phi) is 5.34. The van der Waals surface area contributed by atoms with Gasteiger partial charge in [-0.1, -0.05) is 12.1 Å². The van der Waals surface area contributed by atoms with Gasteiger partial charge in [-0.25, -0.2) is 8.42 Å². The van der Waals surface area contributed by atoms with E-state index >= 15 is 0 Å². The molecule has 2 atom stereocenters. The third-order valence-electron chi connectivity index (χ3n) is 5.19. The van der Waals surface area contributed by atoms with Crippen molar-refractivity contribution >= 4 is 21.4 Å². The molecule has 6 nitrogen and oxygen atoms in total. The summed E-state index contributed by atoms with van der Waals surface area (Å²) < 4.78 is 23.0. The molecule has 0 aliphatic carbocycles. The fraction of sp³-hybridized carbons (Fsp3) is 0.611. The number of nitrogens with zero attached hydrogens (tertiary/aromatic N) is 2. The number of nitrogens with one attached hydrogen (secondary N) is 1. The maximum Gasteiger partial charge on any atom is 0.237 e. The van der Waals surface area contributed by atoms with Gasteiger partial charge in [0.05, 0.1) is 17.5 Å². The van der Waals surface area contributed by atoms with Gasteiger partial charge in [-0.15, -0.1) is 0 Å². The number of piperazine rings is 1. The molecule has 0 radical (unpaired) electrons. The summed E-state index contributed by atoms with van der Waals surface area (Å²) in [4.78, 5) is 17.0. The van der Waals surface area contributed by atoms with E-state index in [1.807, 2.05) is 6.92 Å². The van der Waals surface area contributed by atoms with Crippen molar-refractivity contribution in [1.29, 1.82) is 0 Å². The molecule has 138 valence electrons. The zero-order valence-electron chi connectivity index (χ0n) is 14.9. The lowest BCUT2D eigenvalue weighted by Crippen LogP contribution is -2.55. The number of hydrogen-bond donors (Lipinski definition) is 1. The van der Waals surface area contributed by atoms with Gasteiger partial charge in [-0.3, -0.25) is 9.69 Å². The standard InChI is InChI=1S/C18H27N3O3S/c1-14-4-3-5-17(12-14)21-9-7-20(8-10-21)15(2)18(22)19-16-6-11-25(23,24)13-16/h3-5,12,15-16H,6-11,13H2,1-2H3,(H,19,22)/t15-,16+/m1/s1. The van der Waals surface area contributed by atoms with Crippen LogP contribution in [-0.2, 0) is 14.6 Å². The second-order valence-electron chi connectivity index (χ2n) is 7.15. The second kappa shape index (κ2) is 7.33. The lowest BCUT2D eigenvalue weighted by molar-refractivity contribution is -0.126. The summed E-state index contributed by atoms with van der Waals surface area (Å²) in [5, 5.41) is 2.91. The Labute approximate surface area is 150 Å². The van der Waals surface area contributed by atoms with Crippen LogP contribution >= 0.6 is 0 Å². The second-order valence-corrected chi connectivity index (χ2v) is 9.38. The Bertz CT molecular complexity index is 727. The average molecular weight is 365 g/mol. The molecule has 2 heterocycles. The number of anilines is 1. The highest BCUT2D eigenvalue weighted by atomic mass is 32.2. The minimum atomic E-state index is -2.97. The van der Waals surface area contributed by atoms with Gasteiger partial charge in [0.1, 0.15) is 0 Å². The van der Waals surface area contributed by atoms with E-state index in [1.165, 1.54) is 11.3 Å². The van der Waals surface area contributed by atoms with Crippen LogP contribution in [0, 0.1) is 6.92 Å². The topological polar surface area (TPSA) is 69.7 Å². The first kappa shape index (κ1) is 18.2. The Hall–Kier alpha value is -1.60. The van der Waals surface area contributed by atoms with Crippen LogP contribution in [-0.4, -0.2) is 69.0 Å². The van der Waals surface area contributed by atoms with Gasteiger partial charge in [-0.05, 0) is 38.0 Å². The van der Waals surface area contributed by atoms with E-state index in [-0.39, 0.29) is 29.5 Å². The molecule has 0 aromatic heterocycles. The summed E-state index contributed by atoms with van der Waals surface area (Å²) in [6.07, 6.45) is 0.530. The number of benzene rings is 1. The molecule has 2 aliphatic rings. The zero-order valence-corrected chi connectivity index (χ0v) is 15.8. The molecule has 0 spiro atoms. The highest BCUT2D eigenvalue weighted by Crippen LogP contribution is 2.19. The van der Waals surface area contributed by atoms with E-state index in [1.54, 1.807) is 0 Å². The number of amides is 1. The summed E-state index contributed by atoms with van der Waals surface area (Å²) in [6.45, 7) is 7.42. The fourth-order valence-electron chi connectivity index (χ4n) is 3.59. The molecule has 7 heteroatoms. The number of rotatable bonds is 4. The summed E-state index contributed by atoms with van der Waals surface area (Å²) in [5.74, 6) is 0.194. The van der Waals surface area contributed by atoms with Gasteiger partial charge in [-0.2, -0.15) is 0 Å². The third-order valence-corrected chi connectivity index (χ3v) is 6.95. The lowest BCUT2D eigenvalue weighted by Gasteiger charge is -2.38. The van der Waals surface area contributed by atoms with Crippen LogP contribution in [0.5, 0.6) is 0 Å². The summed E-state index contributed by atoms with van der Waals surface area (Å²) in [7, 11) is -2.97. The van der Waals surface area contributed by atoms with Crippen molar-refractivity contribution in [2.75, 3.05) is 42.6 Å². The van der Waals surface area contributed by atoms with Gasteiger partial charge in [0.25, 0.3) is 0 Å². The molecular weight excluding hydrogens is 338 g/mol. The Morgan fingerprint density at radius 1 is 1.24 bits per heavy atom. The number of carbonyl (C=O) groups is 1. The molecule has 0 bridgehead atoms. The first-order valence-corrected chi connectivity index (χ1v) is 10.7. The van der Waals surface area contributed by atoms with Crippen LogP contribution in [0.4, 0.5) is 5.69 Å². The third kappa shape index (κ3) is 4.52. The number of hydrogen-bond acceptors (Lipinski definition) is 5. The fourth-order valence-corrected chi connectivity index (χ4v) is 5.26. The van der Waals surface area contributed by atoms with Crippen molar-refractivity contribution < 1.29 is 13.2 Å². The van der Waals surface area contributed by atoms with Crippen LogP contribution in [0.25, 0.3) is 0 Å². The van der Waals surface area contributed by atoms with E-state index in [2.05, 4.69) is 46.3 Å². The van der Waals surface area contributed by atoms with Crippen molar-refractivity contribution in [2.24, 2.45) is 0 Å². The highest BCUT2D eigenvalue weighted by Gasteiger charge is 2.32. The molecule has 1 amide bonds. The van der Waals surface area contributed by atoms with E-state index < -0.39 is 9.84 Å². The van der Waals surface area contributed by atoms with Crippen molar-refractivity contribution in [1.82, 2.24) is 10.2 Å². The SMILES string of the molecule is Cc1cccc(N2CCN([C@H](C)C(=O)N[C@H]3CCS(=O)(=O)C3)CC2)c1. The van der Waals surface area contributed by atoms with Crippen molar-refractivity contribution in [2.45, 2.75) is 32.4 Å². The molecule has 25 heavy (non-hydrogen) atoms. The van der Waals surface area contributed by atoms with E-state index in [0.29, 0.717) is 6.42 Å². The monoisotopic (exact) mass is 365 g/mol. The number of aryl methyl sites for hydroxylation is 1.